The summed E-state index contributed by atoms with van der Waals surface area (Å²) in [5.74, 6) is 1.26. The van der Waals surface area contributed by atoms with E-state index in [0.29, 0.717) is 24.6 Å². The molecule has 80 valence electrons. The number of nitrogens with zero attached hydrogens (tertiary/aromatic N) is 1. The van der Waals surface area contributed by atoms with E-state index in [9.17, 15) is 9.59 Å². The van der Waals surface area contributed by atoms with Crippen LogP contribution in [0.5, 0.6) is 0 Å². The van der Waals surface area contributed by atoms with Crippen LogP contribution in [0.2, 0.25) is 0 Å². The molecular formula is C9H14ClNO2S. The Morgan fingerprint density at radius 3 is 2.71 bits per heavy atom. The second kappa shape index (κ2) is 6.30. The van der Waals surface area contributed by atoms with Gasteiger partial charge in [-0.3, -0.25) is 14.5 Å². The smallest absolute Gasteiger partial charge is 0.274 e. The van der Waals surface area contributed by atoms with E-state index in [0.717, 1.165) is 19.3 Å². The van der Waals surface area contributed by atoms with Crippen molar-refractivity contribution in [3.63, 3.8) is 0 Å². The minimum Gasteiger partial charge on any atom is -0.274 e. The van der Waals surface area contributed by atoms with E-state index >= 15 is 0 Å². The molecule has 1 saturated heterocycles. The molecule has 0 N–H and O–H groups in total. The van der Waals surface area contributed by atoms with E-state index in [1.807, 2.05) is 0 Å². The number of amides is 2. The van der Waals surface area contributed by atoms with Crippen LogP contribution in [0.3, 0.4) is 0 Å². The number of imide groups is 1. The highest BCUT2D eigenvalue weighted by molar-refractivity contribution is 8.13. The Bertz CT molecular complexity index is 207. The summed E-state index contributed by atoms with van der Waals surface area (Å²) in [5.41, 5.74) is 0. The molecule has 0 bridgehead atoms. The fourth-order valence-corrected chi connectivity index (χ4v) is 2.29. The molecule has 1 heterocycles. The largest absolute Gasteiger partial charge is 0.288 e. The Morgan fingerprint density at radius 2 is 2.07 bits per heavy atom. The van der Waals surface area contributed by atoms with Crippen LogP contribution in [-0.4, -0.2) is 34.2 Å². The Balaban J connectivity index is 2.26. The van der Waals surface area contributed by atoms with E-state index in [4.69, 9.17) is 11.6 Å². The third-order valence-electron chi connectivity index (χ3n) is 2.08. The van der Waals surface area contributed by atoms with E-state index < -0.39 is 0 Å². The highest BCUT2D eigenvalue weighted by Gasteiger charge is 2.25. The van der Waals surface area contributed by atoms with Gasteiger partial charge in [0.15, 0.2) is 0 Å². The first-order valence-electron chi connectivity index (χ1n) is 4.79. The van der Waals surface area contributed by atoms with E-state index in [-0.39, 0.29) is 11.1 Å². The van der Waals surface area contributed by atoms with Gasteiger partial charge in [0.25, 0.3) is 5.24 Å². The van der Waals surface area contributed by atoms with Crippen molar-refractivity contribution in [1.29, 1.82) is 0 Å². The molecule has 1 aliphatic heterocycles. The molecule has 5 heteroatoms. The van der Waals surface area contributed by atoms with Gasteiger partial charge in [-0.2, -0.15) is 0 Å². The number of thioether (sulfide) groups is 1. The molecule has 3 nitrogen and oxygen atoms in total. The Morgan fingerprint density at radius 1 is 1.29 bits per heavy atom. The molecule has 0 spiro atoms. The van der Waals surface area contributed by atoms with Crippen LogP contribution < -0.4 is 0 Å². The third kappa shape index (κ3) is 3.50. The molecule has 0 aromatic heterocycles. The topological polar surface area (TPSA) is 37.4 Å². The van der Waals surface area contributed by atoms with Crippen LogP contribution >= 0.6 is 23.4 Å². The van der Waals surface area contributed by atoms with Gasteiger partial charge < -0.3 is 0 Å². The molecular weight excluding hydrogens is 222 g/mol. The summed E-state index contributed by atoms with van der Waals surface area (Å²) in [5, 5.41) is -0.0906. The minimum absolute atomic E-state index is 0.0281. The van der Waals surface area contributed by atoms with Crippen molar-refractivity contribution in [2.24, 2.45) is 0 Å². The maximum absolute atomic E-state index is 11.3. The SMILES string of the molecule is O=C1CCSC(=O)N1CCCCCCl. The first-order valence-corrected chi connectivity index (χ1v) is 6.31. The summed E-state index contributed by atoms with van der Waals surface area (Å²) in [6, 6.07) is 0. The summed E-state index contributed by atoms with van der Waals surface area (Å²) >= 11 is 6.76. The number of rotatable bonds is 5. The summed E-state index contributed by atoms with van der Waals surface area (Å²) in [6.45, 7) is 0.557. The molecule has 0 aromatic rings. The summed E-state index contributed by atoms with van der Waals surface area (Å²) in [4.78, 5) is 24.0. The molecule has 1 aliphatic rings. The van der Waals surface area contributed by atoms with Gasteiger partial charge in [-0.05, 0) is 12.8 Å². The van der Waals surface area contributed by atoms with Gasteiger partial charge in [0.2, 0.25) is 5.91 Å². The van der Waals surface area contributed by atoms with Gasteiger partial charge >= 0.3 is 0 Å². The zero-order valence-corrected chi connectivity index (χ0v) is 9.57. The number of alkyl halides is 1. The highest BCUT2D eigenvalue weighted by atomic mass is 35.5. The summed E-state index contributed by atoms with van der Waals surface area (Å²) in [7, 11) is 0. The highest BCUT2D eigenvalue weighted by Crippen LogP contribution is 2.18. The summed E-state index contributed by atoms with van der Waals surface area (Å²) in [6.07, 6.45) is 3.28. The van der Waals surface area contributed by atoms with Gasteiger partial charge in [-0.15, -0.1) is 11.6 Å². The number of halogens is 1. The standard InChI is InChI=1S/C9H14ClNO2S/c10-5-2-1-3-6-11-8(12)4-7-14-9(11)13/h1-7H2. The monoisotopic (exact) mass is 235 g/mol. The Labute approximate surface area is 93.2 Å². The normalized spacial score (nSPS) is 17.6. The predicted octanol–water partition coefficient (Wildman–Crippen LogP) is 2.48. The van der Waals surface area contributed by atoms with Crippen molar-refractivity contribution in [2.45, 2.75) is 25.7 Å². The zero-order valence-electron chi connectivity index (χ0n) is 8.00. The van der Waals surface area contributed by atoms with Crippen LogP contribution in [0.4, 0.5) is 4.79 Å². The van der Waals surface area contributed by atoms with Gasteiger partial charge in [-0.25, -0.2) is 0 Å². The molecule has 14 heavy (non-hydrogen) atoms. The van der Waals surface area contributed by atoms with Gasteiger partial charge in [-0.1, -0.05) is 18.2 Å². The second-order valence-corrected chi connectivity index (χ2v) is 4.58. The van der Waals surface area contributed by atoms with Crippen molar-refractivity contribution < 1.29 is 9.59 Å². The molecule has 0 aromatic carbocycles. The van der Waals surface area contributed by atoms with Crippen molar-refractivity contribution in [2.75, 3.05) is 18.2 Å². The number of carbonyl (C=O) groups excluding carboxylic acids is 2. The Kier molecular flexibility index (Phi) is 5.33. The van der Waals surface area contributed by atoms with Gasteiger partial charge in [0.05, 0.1) is 0 Å². The quantitative estimate of drug-likeness (QED) is 0.543. The number of carbonyl (C=O) groups is 2. The van der Waals surface area contributed by atoms with Gasteiger partial charge in [0.1, 0.15) is 0 Å². The van der Waals surface area contributed by atoms with E-state index in [2.05, 4.69) is 0 Å². The minimum atomic E-state index is -0.0906. The van der Waals surface area contributed by atoms with Crippen molar-refractivity contribution in [1.82, 2.24) is 4.90 Å². The lowest BCUT2D eigenvalue weighted by Gasteiger charge is -2.23. The van der Waals surface area contributed by atoms with Crippen molar-refractivity contribution in [3.8, 4) is 0 Å². The lowest BCUT2D eigenvalue weighted by Crippen LogP contribution is -2.38. The molecule has 0 radical (unpaired) electrons. The molecule has 1 fully saturated rings. The molecule has 2 amide bonds. The zero-order chi connectivity index (χ0) is 10.4. The molecule has 0 aliphatic carbocycles. The average Bonchev–Trinajstić information content (AvgIpc) is 2.16. The number of hydrogen-bond donors (Lipinski definition) is 0. The van der Waals surface area contributed by atoms with Crippen LogP contribution in [0.1, 0.15) is 25.7 Å². The fraction of sp³-hybridized carbons (Fsp3) is 0.778. The maximum atomic E-state index is 11.3. The number of hydrogen-bond acceptors (Lipinski definition) is 3. The summed E-state index contributed by atoms with van der Waals surface area (Å²) < 4.78 is 0. The van der Waals surface area contributed by atoms with Crippen LogP contribution in [0.25, 0.3) is 0 Å². The number of unbranched alkanes of at least 4 members (excludes halogenated alkanes) is 2. The molecule has 0 saturated carbocycles. The van der Waals surface area contributed by atoms with Crippen LogP contribution in [0.15, 0.2) is 0 Å². The fourth-order valence-electron chi connectivity index (χ4n) is 1.30. The molecule has 0 unspecified atom stereocenters. The van der Waals surface area contributed by atoms with E-state index in [1.54, 1.807) is 0 Å². The Hall–Kier alpha value is -0.220. The third-order valence-corrected chi connectivity index (χ3v) is 3.22. The van der Waals surface area contributed by atoms with Crippen LogP contribution in [0, 0.1) is 0 Å². The molecule has 1 rings (SSSR count). The lowest BCUT2D eigenvalue weighted by molar-refractivity contribution is -0.127. The first kappa shape index (κ1) is 11.9. The van der Waals surface area contributed by atoms with Gasteiger partial charge in [0, 0.05) is 24.6 Å². The lowest BCUT2D eigenvalue weighted by atomic mass is 10.2. The second-order valence-electron chi connectivity index (χ2n) is 3.16. The predicted molar refractivity (Wildman–Crippen MR) is 58.8 cm³/mol. The van der Waals surface area contributed by atoms with Crippen molar-refractivity contribution in [3.05, 3.63) is 0 Å². The van der Waals surface area contributed by atoms with Crippen molar-refractivity contribution >= 4 is 34.5 Å². The van der Waals surface area contributed by atoms with E-state index in [1.165, 1.54) is 16.7 Å². The first-order chi connectivity index (χ1) is 6.75. The average molecular weight is 236 g/mol. The molecule has 0 atom stereocenters. The van der Waals surface area contributed by atoms with Crippen LogP contribution in [-0.2, 0) is 4.79 Å². The maximum Gasteiger partial charge on any atom is 0.288 e.